The Bertz CT molecular complexity index is 635. The van der Waals surface area contributed by atoms with Crippen LogP contribution in [0.25, 0.3) is 10.9 Å². The number of benzene rings is 1. The zero-order valence-corrected chi connectivity index (χ0v) is 10.5. The lowest BCUT2D eigenvalue weighted by Crippen LogP contribution is -2.18. The molecule has 1 heterocycles. The van der Waals surface area contributed by atoms with Crippen molar-refractivity contribution in [1.82, 2.24) is 4.98 Å². The van der Waals surface area contributed by atoms with Gasteiger partial charge < -0.3 is 4.98 Å². The second kappa shape index (κ2) is 3.69. The van der Waals surface area contributed by atoms with Crippen LogP contribution in [0.3, 0.4) is 0 Å². The fourth-order valence-electron chi connectivity index (χ4n) is 1.89. The van der Waals surface area contributed by atoms with E-state index in [4.69, 9.17) is 0 Å². The van der Waals surface area contributed by atoms with Crippen LogP contribution in [0.2, 0.25) is 0 Å². The highest BCUT2D eigenvalue weighted by molar-refractivity contribution is 5.81. The minimum Gasteiger partial charge on any atom is -0.358 e. The Kier molecular flexibility index (Phi) is 2.57. The van der Waals surface area contributed by atoms with Crippen molar-refractivity contribution >= 4 is 10.9 Å². The standard InChI is InChI=1S/C14H16FNO/c1-8-5-9(15)6-10-11(17)7-12(14(2,3)4)16-13(8)10/h5-7H,1-4H3,(H,16,17). The van der Waals surface area contributed by atoms with Gasteiger partial charge in [0.15, 0.2) is 5.43 Å². The highest BCUT2D eigenvalue weighted by Crippen LogP contribution is 2.22. The van der Waals surface area contributed by atoms with Gasteiger partial charge in [0.2, 0.25) is 0 Å². The van der Waals surface area contributed by atoms with E-state index in [0.29, 0.717) is 5.39 Å². The smallest absolute Gasteiger partial charge is 0.189 e. The lowest BCUT2D eigenvalue weighted by Gasteiger charge is -2.19. The molecule has 0 unspecified atom stereocenters. The Morgan fingerprint density at radius 1 is 1.18 bits per heavy atom. The van der Waals surface area contributed by atoms with Gasteiger partial charge >= 0.3 is 0 Å². The van der Waals surface area contributed by atoms with E-state index < -0.39 is 0 Å². The van der Waals surface area contributed by atoms with E-state index in [9.17, 15) is 9.18 Å². The molecule has 0 fully saturated rings. The summed E-state index contributed by atoms with van der Waals surface area (Å²) in [5.41, 5.74) is 2.08. The Hall–Kier alpha value is -1.64. The summed E-state index contributed by atoms with van der Waals surface area (Å²) in [6, 6.07) is 4.28. The second-order valence-electron chi connectivity index (χ2n) is 5.44. The third kappa shape index (κ3) is 2.09. The van der Waals surface area contributed by atoms with E-state index in [-0.39, 0.29) is 16.7 Å². The molecule has 1 N–H and O–H groups in total. The normalized spacial score (nSPS) is 12.1. The van der Waals surface area contributed by atoms with Crippen molar-refractivity contribution in [2.75, 3.05) is 0 Å². The molecule has 0 aliphatic carbocycles. The molecule has 0 amide bonds. The molecule has 0 spiro atoms. The first-order valence-corrected chi connectivity index (χ1v) is 5.63. The molecule has 0 radical (unpaired) electrons. The monoisotopic (exact) mass is 233 g/mol. The molecule has 0 atom stereocenters. The van der Waals surface area contributed by atoms with Crippen LogP contribution in [0.4, 0.5) is 4.39 Å². The topological polar surface area (TPSA) is 32.9 Å². The predicted molar refractivity (Wildman–Crippen MR) is 68.0 cm³/mol. The summed E-state index contributed by atoms with van der Waals surface area (Å²) in [7, 11) is 0. The third-order valence-electron chi connectivity index (χ3n) is 2.91. The number of aromatic amines is 1. The first-order chi connectivity index (χ1) is 7.79. The van der Waals surface area contributed by atoms with Crippen LogP contribution in [0, 0.1) is 12.7 Å². The van der Waals surface area contributed by atoms with Gasteiger partial charge in [-0.1, -0.05) is 20.8 Å². The van der Waals surface area contributed by atoms with Crippen LogP contribution < -0.4 is 5.43 Å². The SMILES string of the molecule is Cc1cc(F)cc2c(=O)cc(C(C)(C)C)[nH]c12. The molecule has 1 aromatic heterocycles. The molecule has 90 valence electrons. The quantitative estimate of drug-likeness (QED) is 0.744. The van der Waals surface area contributed by atoms with Crippen LogP contribution in [0.5, 0.6) is 0 Å². The average molecular weight is 233 g/mol. The first kappa shape index (κ1) is 11.8. The summed E-state index contributed by atoms with van der Waals surface area (Å²) in [4.78, 5) is 15.2. The largest absolute Gasteiger partial charge is 0.358 e. The minimum atomic E-state index is -0.371. The zero-order chi connectivity index (χ0) is 12.8. The number of aryl methyl sites for hydroxylation is 1. The molecule has 2 rings (SSSR count). The number of H-pyrrole nitrogens is 1. The molecule has 0 saturated heterocycles. The van der Waals surface area contributed by atoms with E-state index in [1.54, 1.807) is 13.0 Å². The van der Waals surface area contributed by atoms with Gasteiger partial charge in [-0.2, -0.15) is 0 Å². The summed E-state index contributed by atoms with van der Waals surface area (Å²) in [6.07, 6.45) is 0. The molecular weight excluding hydrogens is 217 g/mol. The van der Waals surface area contributed by atoms with Gasteiger partial charge in [0.05, 0.1) is 5.52 Å². The van der Waals surface area contributed by atoms with Gasteiger partial charge in [-0.25, -0.2) is 4.39 Å². The van der Waals surface area contributed by atoms with E-state index in [2.05, 4.69) is 4.98 Å². The van der Waals surface area contributed by atoms with Crippen LogP contribution >= 0.6 is 0 Å². The number of aromatic nitrogens is 1. The van der Waals surface area contributed by atoms with Crippen LogP contribution in [0.1, 0.15) is 32.0 Å². The summed E-state index contributed by atoms with van der Waals surface area (Å²) in [5.74, 6) is -0.371. The van der Waals surface area contributed by atoms with Gasteiger partial charge in [0, 0.05) is 22.6 Å². The van der Waals surface area contributed by atoms with Gasteiger partial charge in [-0.15, -0.1) is 0 Å². The zero-order valence-electron chi connectivity index (χ0n) is 10.5. The third-order valence-corrected chi connectivity index (χ3v) is 2.91. The maximum Gasteiger partial charge on any atom is 0.189 e. The number of rotatable bonds is 0. The lowest BCUT2D eigenvalue weighted by molar-refractivity contribution is 0.570. The number of hydrogen-bond acceptors (Lipinski definition) is 1. The molecule has 0 aliphatic heterocycles. The number of halogens is 1. The van der Waals surface area contributed by atoms with Crippen molar-refractivity contribution in [2.45, 2.75) is 33.1 Å². The van der Waals surface area contributed by atoms with E-state index in [1.165, 1.54) is 12.1 Å². The number of pyridine rings is 1. The Balaban J connectivity index is 2.88. The summed E-state index contributed by atoms with van der Waals surface area (Å²) < 4.78 is 13.3. The Morgan fingerprint density at radius 3 is 2.41 bits per heavy atom. The Morgan fingerprint density at radius 2 is 1.82 bits per heavy atom. The second-order valence-corrected chi connectivity index (χ2v) is 5.44. The molecule has 2 nitrogen and oxygen atoms in total. The maximum atomic E-state index is 13.3. The van der Waals surface area contributed by atoms with Crippen molar-refractivity contribution in [3.63, 3.8) is 0 Å². The van der Waals surface area contributed by atoms with E-state index in [0.717, 1.165) is 16.8 Å². The fraction of sp³-hybridized carbons (Fsp3) is 0.357. The van der Waals surface area contributed by atoms with Crippen molar-refractivity contribution in [1.29, 1.82) is 0 Å². The van der Waals surface area contributed by atoms with Gasteiger partial charge in [0.25, 0.3) is 0 Å². The van der Waals surface area contributed by atoms with Crippen molar-refractivity contribution in [3.8, 4) is 0 Å². The summed E-state index contributed by atoms with van der Waals surface area (Å²) >= 11 is 0. The van der Waals surface area contributed by atoms with Crippen molar-refractivity contribution in [3.05, 3.63) is 45.5 Å². The Labute approximate surface area is 99.5 Å². The molecular formula is C14H16FNO. The highest BCUT2D eigenvalue weighted by atomic mass is 19.1. The van der Waals surface area contributed by atoms with Crippen LogP contribution in [-0.4, -0.2) is 4.98 Å². The number of hydrogen-bond donors (Lipinski definition) is 1. The molecule has 1 aromatic carbocycles. The molecule has 17 heavy (non-hydrogen) atoms. The van der Waals surface area contributed by atoms with Gasteiger partial charge in [0.1, 0.15) is 5.82 Å². The molecule has 0 saturated carbocycles. The van der Waals surface area contributed by atoms with Crippen LogP contribution in [-0.2, 0) is 5.41 Å². The van der Waals surface area contributed by atoms with Gasteiger partial charge in [-0.05, 0) is 24.6 Å². The first-order valence-electron chi connectivity index (χ1n) is 5.63. The summed E-state index contributed by atoms with van der Waals surface area (Å²) in [5, 5.41) is 0.413. The number of nitrogens with one attached hydrogen (secondary N) is 1. The van der Waals surface area contributed by atoms with E-state index >= 15 is 0 Å². The van der Waals surface area contributed by atoms with Gasteiger partial charge in [-0.3, -0.25) is 4.79 Å². The van der Waals surface area contributed by atoms with E-state index in [1.807, 2.05) is 20.8 Å². The number of fused-ring (bicyclic) bond motifs is 1. The van der Waals surface area contributed by atoms with Crippen molar-refractivity contribution < 1.29 is 4.39 Å². The minimum absolute atomic E-state index is 0.131. The fourth-order valence-corrected chi connectivity index (χ4v) is 1.89. The predicted octanol–water partition coefficient (Wildman–Crippen LogP) is 3.27. The molecule has 2 aromatic rings. The molecule has 3 heteroatoms. The molecule has 0 bridgehead atoms. The average Bonchev–Trinajstić information content (AvgIpc) is 2.17. The maximum absolute atomic E-state index is 13.3. The van der Waals surface area contributed by atoms with Crippen molar-refractivity contribution in [2.24, 2.45) is 0 Å². The van der Waals surface area contributed by atoms with Crippen LogP contribution in [0.15, 0.2) is 23.0 Å². The summed E-state index contributed by atoms with van der Waals surface area (Å²) in [6.45, 7) is 7.89. The lowest BCUT2D eigenvalue weighted by atomic mass is 9.91. The molecule has 0 aliphatic rings. The highest BCUT2D eigenvalue weighted by Gasteiger charge is 2.17.